The number of benzene rings is 1. The molecule has 1 spiro atoms. The first kappa shape index (κ1) is 15.0. The fourth-order valence-electron chi connectivity index (χ4n) is 3.36. The highest BCUT2D eigenvalue weighted by Crippen LogP contribution is 2.49. The molecule has 2 fully saturated rings. The predicted molar refractivity (Wildman–Crippen MR) is 71.7 cm³/mol. The van der Waals surface area contributed by atoms with Crippen LogP contribution < -0.4 is 4.74 Å². The van der Waals surface area contributed by atoms with E-state index in [4.69, 9.17) is 9.84 Å². The van der Waals surface area contributed by atoms with Crippen molar-refractivity contribution in [3.05, 3.63) is 29.8 Å². The standard InChI is InChI=1S/C15H16F3NO3/c16-15(17,18)10-2-1-3-11(6-10)22-12-7-14(8-12)4-5-19(9-14)13(20)21/h1-3,6,12H,4-5,7-9H2,(H,20,21). The van der Waals surface area contributed by atoms with Gasteiger partial charge in [0.25, 0.3) is 0 Å². The molecule has 1 heterocycles. The lowest BCUT2D eigenvalue weighted by molar-refractivity contribution is -0.137. The fraction of sp³-hybridized carbons (Fsp3) is 0.533. The van der Waals surface area contributed by atoms with Crippen molar-refractivity contribution in [1.29, 1.82) is 0 Å². The second-order valence-corrected chi connectivity index (χ2v) is 6.13. The number of carbonyl (C=O) groups is 1. The second kappa shape index (κ2) is 5.07. The molecule has 2 aliphatic rings. The zero-order chi connectivity index (χ0) is 16.0. The van der Waals surface area contributed by atoms with E-state index in [9.17, 15) is 18.0 Å². The molecule has 22 heavy (non-hydrogen) atoms. The van der Waals surface area contributed by atoms with E-state index in [1.807, 2.05) is 0 Å². The van der Waals surface area contributed by atoms with Gasteiger partial charge in [-0.15, -0.1) is 0 Å². The lowest BCUT2D eigenvalue weighted by atomic mass is 9.66. The van der Waals surface area contributed by atoms with Gasteiger partial charge in [-0.05, 0) is 42.9 Å². The van der Waals surface area contributed by atoms with Crippen LogP contribution in [-0.2, 0) is 6.18 Å². The maximum atomic E-state index is 12.6. The molecule has 1 aromatic rings. The average Bonchev–Trinajstić information content (AvgIpc) is 2.83. The number of hydrogen-bond donors (Lipinski definition) is 1. The Morgan fingerprint density at radius 1 is 1.36 bits per heavy atom. The van der Waals surface area contributed by atoms with Gasteiger partial charge in [0.15, 0.2) is 0 Å². The molecule has 1 aromatic carbocycles. The first-order chi connectivity index (χ1) is 10.3. The Morgan fingerprint density at radius 2 is 2.09 bits per heavy atom. The molecule has 1 saturated heterocycles. The number of hydrogen-bond acceptors (Lipinski definition) is 2. The molecule has 1 saturated carbocycles. The van der Waals surface area contributed by atoms with Crippen LogP contribution in [0.15, 0.2) is 24.3 Å². The maximum absolute atomic E-state index is 12.6. The highest BCUT2D eigenvalue weighted by Gasteiger charge is 2.50. The van der Waals surface area contributed by atoms with Crippen molar-refractivity contribution in [3.63, 3.8) is 0 Å². The molecule has 1 aliphatic carbocycles. The summed E-state index contributed by atoms with van der Waals surface area (Å²) in [5, 5.41) is 8.96. The molecule has 1 N–H and O–H groups in total. The summed E-state index contributed by atoms with van der Waals surface area (Å²) < 4.78 is 43.5. The van der Waals surface area contributed by atoms with E-state index in [1.54, 1.807) is 0 Å². The SMILES string of the molecule is O=C(O)N1CCC2(CC(Oc3cccc(C(F)(F)F)c3)C2)C1. The van der Waals surface area contributed by atoms with Gasteiger partial charge < -0.3 is 14.7 Å². The Balaban J connectivity index is 1.58. The van der Waals surface area contributed by atoms with Crippen LogP contribution in [-0.4, -0.2) is 35.3 Å². The quantitative estimate of drug-likeness (QED) is 0.907. The smallest absolute Gasteiger partial charge is 0.416 e. The van der Waals surface area contributed by atoms with Crippen LogP contribution >= 0.6 is 0 Å². The van der Waals surface area contributed by atoms with Crippen molar-refractivity contribution in [3.8, 4) is 5.75 Å². The van der Waals surface area contributed by atoms with Crippen LogP contribution in [0.1, 0.15) is 24.8 Å². The molecule has 4 nitrogen and oxygen atoms in total. The fourth-order valence-corrected chi connectivity index (χ4v) is 3.36. The Hall–Kier alpha value is -1.92. The number of nitrogens with zero attached hydrogens (tertiary/aromatic N) is 1. The molecular weight excluding hydrogens is 299 g/mol. The van der Waals surface area contributed by atoms with Crippen molar-refractivity contribution in [2.24, 2.45) is 5.41 Å². The third-order valence-corrected chi connectivity index (χ3v) is 4.49. The summed E-state index contributed by atoms with van der Waals surface area (Å²) in [6, 6.07) is 4.85. The number of rotatable bonds is 2. The van der Waals surface area contributed by atoms with Gasteiger partial charge in [-0.2, -0.15) is 13.2 Å². The normalized spacial score (nSPS) is 27.8. The summed E-state index contributed by atoms with van der Waals surface area (Å²) in [5.41, 5.74) is -0.776. The highest BCUT2D eigenvalue weighted by atomic mass is 19.4. The van der Waals surface area contributed by atoms with Crippen LogP contribution in [0.3, 0.4) is 0 Å². The van der Waals surface area contributed by atoms with Gasteiger partial charge in [0.05, 0.1) is 11.7 Å². The summed E-state index contributed by atoms with van der Waals surface area (Å²) in [7, 11) is 0. The van der Waals surface area contributed by atoms with Crippen molar-refractivity contribution in [2.45, 2.75) is 31.5 Å². The Labute approximate surface area is 125 Å². The van der Waals surface area contributed by atoms with E-state index in [-0.39, 0.29) is 17.3 Å². The molecule has 0 unspecified atom stereocenters. The lowest BCUT2D eigenvalue weighted by Crippen LogP contribution is -2.46. The molecule has 7 heteroatoms. The van der Waals surface area contributed by atoms with Crippen molar-refractivity contribution in [1.82, 2.24) is 4.90 Å². The van der Waals surface area contributed by atoms with E-state index in [0.717, 1.165) is 18.6 Å². The minimum Gasteiger partial charge on any atom is -0.490 e. The van der Waals surface area contributed by atoms with Gasteiger partial charge in [-0.3, -0.25) is 0 Å². The molecule has 0 aromatic heterocycles. The Kier molecular flexibility index (Phi) is 3.45. The number of alkyl halides is 3. The Morgan fingerprint density at radius 3 is 2.68 bits per heavy atom. The summed E-state index contributed by atoms with van der Waals surface area (Å²) in [4.78, 5) is 12.3. The molecule has 1 aliphatic heterocycles. The predicted octanol–water partition coefficient (Wildman–Crippen LogP) is 3.62. The molecule has 1 amide bonds. The van der Waals surface area contributed by atoms with Crippen LogP contribution in [0.5, 0.6) is 5.75 Å². The molecule has 120 valence electrons. The van der Waals surface area contributed by atoms with Gasteiger partial charge in [0, 0.05) is 13.1 Å². The largest absolute Gasteiger partial charge is 0.490 e. The molecule has 3 rings (SSSR count). The monoisotopic (exact) mass is 315 g/mol. The summed E-state index contributed by atoms with van der Waals surface area (Å²) in [6.07, 6.45) is -3.27. The van der Waals surface area contributed by atoms with Crippen molar-refractivity contribution < 1.29 is 27.8 Å². The summed E-state index contributed by atoms with van der Waals surface area (Å²) >= 11 is 0. The van der Waals surface area contributed by atoms with Gasteiger partial charge >= 0.3 is 12.3 Å². The zero-order valence-electron chi connectivity index (χ0n) is 11.8. The number of amides is 1. The summed E-state index contributed by atoms with van der Waals surface area (Å²) in [5.74, 6) is 0.211. The van der Waals surface area contributed by atoms with Crippen molar-refractivity contribution >= 4 is 6.09 Å². The van der Waals surface area contributed by atoms with E-state index in [1.165, 1.54) is 17.0 Å². The third kappa shape index (κ3) is 2.84. The van der Waals surface area contributed by atoms with Crippen LogP contribution in [0.4, 0.5) is 18.0 Å². The molecular formula is C15H16F3NO3. The Bertz CT molecular complexity index is 582. The maximum Gasteiger partial charge on any atom is 0.416 e. The molecule has 0 atom stereocenters. The van der Waals surface area contributed by atoms with E-state index < -0.39 is 17.8 Å². The van der Waals surface area contributed by atoms with Crippen molar-refractivity contribution in [2.75, 3.05) is 13.1 Å². The van der Waals surface area contributed by atoms with Gasteiger partial charge in [-0.25, -0.2) is 4.79 Å². The van der Waals surface area contributed by atoms with Gasteiger partial charge in [0.2, 0.25) is 0 Å². The average molecular weight is 315 g/mol. The summed E-state index contributed by atoms with van der Waals surface area (Å²) in [6.45, 7) is 1.01. The third-order valence-electron chi connectivity index (χ3n) is 4.49. The van der Waals surface area contributed by atoms with E-state index in [0.29, 0.717) is 25.9 Å². The number of ether oxygens (including phenoxy) is 1. The van der Waals surface area contributed by atoms with Crippen LogP contribution in [0.2, 0.25) is 0 Å². The van der Waals surface area contributed by atoms with Gasteiger partial charge in [0.1, 0.15) is 5.75 Å². The second-order valence-electron chi connectivity index (χ2n) is 6.13. The van der Waals surface area contributed by atoms with E-state index in [2.05, 4.69) is 0 Å². The van der Waals surface area contributed by atoms with Crippen LogP contribution in [0.25, 0.3) is 0 Å². The minimum absolute atomic E-state index is 0.0509. The lowest BCUT2D eigenvalue weighted by Gasteiger charge is -2.44. The highest BCUT2D eigenvalue weighted by molar-refractivity contribution is 5.65. The first-order valence-electron chi connectivity index (χ1n) is 7.09. The number of carboxylic acid groups (broad SMARTS) is 1. The topological polar surface area (TPSA) is 49.8 Å². The van der Waals surface area contributed by atoms with Gasteiger partial charge in [-0.1, -0.05) is 6.07 Å². The van der Waals surface area contributed by atoms with Crippen LogP contribution in [0, 0.1) is 5.41 Å². The number of halogens is 3. The molecule has 0 radical (unpaired) electrons. The molecule has 0 bridgehead atoms. The number of likely N-dealkylation sites (tertiary alicyclic amines) is 1. The minimum atomic E-state index is -4.38. The van der Waals surface area contributed by atoms with E-state index >= 15 is 0 Å². The first-order valence-corrected chi connectivity index (χ1v) is 7.09. The zero-order valence-corrected chi connectivity index (χ0v) is 11.8.